The van der Waals surface area contributed by atoms with Crippen LogP contribution in [0.2, 0.25) is 0 Å². The lowest BCUT2D eigenvalue weighted by molar-refractivity contribution is -0.331. The van der Waals surface area contributed by atoms with E-state index in [0.717, 1.165) is 24.4 Å². The first-order chi connectivity index (χ1) is 11.4. The number of hydrogen-bond donors (Lipinski definition) is 0. The molecule has 3 aromatic heterocycles. The molecule has 0 radical (unpaired) electrons. The van der Waals surface area contributed by atoms with Gasteiger partial charge in [-0.15, -0.1) is 0 Å². The van der Waals surface area contributed by atoms with Gasteiger partial charge in [0.15, 0.2) is 0 Å². The van der Waals surface area contributed by atoms with Gasteiger partial charge in [-0.1, -0.05) is 20.8 Å². The Bertz CT molecular complexity index is 888. The first kappa shape index (κ1) is 16.7. The molecule has 0 bridgehead atoms. The Labute approximate surface area is 144 Å². The summed E-state index contributed by atoms with van der Waals surface area (Å²) in [7, 11) is 0. The Kier molecular flexibility index (Phi) is 4.44. The molecule has 0 saturated carbocycles. The Morgan fingerprint density at radius 2 is 1.88 bits per heavy atom. The Hall–Kier alpha value is -2.16. The number of rotatable bonds is 4. The zero-order valence-corrected chi connectivity index (χ0v) is 15.7. The van der Waals surface area contributed by atoms with Crippen molar-refractivity contribution >= 4 is 11.0 Å². The van der Waals surface area contributed by atoms with Crippen LogP contribution in [0.15, 0.2) is 24.4 Å². The molecule has 0 aliphatic rings. The molecule has 0 unspecified atom stereocenters. The fraction of sp³-hybridized carbons (Fsp3) is 0.429. The number of pyridine rings is 2. The predicted molar refractivity (Wildman–Crippen MR) is 100 cm³/mol. The van der Waals surface area contributed by atoms with E-state index < -0.39 is 0 Å². The highest BCUT2D eigenvalue weighted by Gasteiger charge is 2.20. The molecule has 24 heavy (non-hydrogen) atoms. The van der Waals surface area contributed by atoms with Gasteiger partial charge in [0, 0.05) is 29.6 Å². The fourth-order valence-corrected chi connectivity index (χ4v) is 3.40. The van der Waals surface area contributed by atoms with Crippen molar-refractivity contribution in [3.63, 3.8) is 0 Å². The van der Waals surface area contributed by atoms with Gasteiger partial charge in [0.05, 0.1) is 11.3 Å². The molecule has 126 valence electrons. The van der Waals surface area contributed by atoms with Crippen LogP contribution in [0.4, 0.5) is 0 Å². The largest absolute Gasteiger partial charge is 0.342 e. The van der Waals surface area contributed by atoms with Gasteiger partial charge in [-0.05, 0) is 51.3 Å². The number of aromatic nitrogens is 3. The molecule has 0 aliphatic heterocycles. The van der Waals surface area contributed by atoms with Crippen molar-refractivity contribution < 1.29 is 4.98 Å². The van der Waals surface area contributed by atoms with E-state index in [1.165, 1.54) is 33.4 Å². The van der Waals surface area contributed by atoms with Crippen LogP contribution in [-0.2, 0) is 6.54 Å². The second-order valence-corrected chi connectivity index (χ2v) is 7.12. The summed E-state index contributed by atoms with van der Waals surface area (Å²) in [5.41, 5.74) is 9.70. The van der Waals surface area contributed by atoms with Gasteiger partial charge in [0.1, 0.15) is 5.52 Å². The number of nitrogens with zero attached hydrogens (tertiary/aromatic N) is 2. The topological polar surface area (TPSA) is 32.0 Å². The van der Waals surface area contributed by atoms with E-state index in [1.54, 1.807) is 0 Å². The van der Waals surface area contributed by atoms with Crippen molar-refractivity contribution in [3.8, 4) is 11.3 Å². The maximum Gasteiger partial charge on any atom is 0.232 e. The van der Waals surface area contributed by atoms with E-state index >= 15 is 0 Å². The van der Waals surface area contributed by atoms with Crippen LogP contribution in [-0.4, -0.2) is 9.55 Å². The summed E-state index contributed by atoms with van der Waals surface area (Å²) in [6.07, 6.45) is 3.39. The first-order valence-electron chi connectivity index (χ1n) is 8.92. The SMILES string of the molecule is CCCn1cc(C)c2[nH+]c(-c3ccc(C(C)C)nc3C)c(C)cc21. The van der Waals surface area contributed by atoms with E-state index in [4.69, 9.17) is 4.98 Å². The normalized spacial score (nSPS) is 11.6. The minimum absolute atomic E-state index is 0.454. The van der Waals surface area contributed by atoms with Crippen LogP contribution in [0, 0.1) is 20.8 Å². The molecule has 3 rings (SSSR count). The number of aryl methyl sites for hydroxylation is 4. The molecule has 0 atom stereocenters. The lowest BCUT2D eigenvalue weighted by Gasteiger charge is -2.09. The Morgan fingerprint density at radius 3 is 2.50 bits per heavy atom. The highest BCUT2D eigenvalue weighted by atomic mass is 15.0. The van der Waals surface area contributed by atoms with Gasteiger partial charge >= 0.3 is 0 Å². The van der Waals surface area contributed by atoms with E-state index in [0.29, 0.717) is 5.92 Å². The average Bonchev–Trinajstić information content (AvgIpc) is 2.82. The van der Waals surface area contributed by atoms with Gasteiger partial charge < -0.3 is 4.57 Å². The second kappa shape index (κ2) is 6.39. The van der Waals surface area contributed by atoms with Gasteiger partial charge in [0.25, 0.3) is 0 Å². The van der Waals surface area contributed by atoms with Crippen LogP contribution < -0.4 is 4.98 Å². The number of aromatic amines is 1. The molecule has 0 aliphatic carbocycles. The Morgan fingerprint density at radius 1 is 1.12 bits per heavy atom. The van der Waals surface area contributed by atoms with Crippen LogP contribution in [0.25, 0.3) is 22.3 Å². The summed E-state index contributed by atoms with van der Waals surface area (Å²) >= 11 is 0. The predicted octanol–water partition coefficient (Wildman–Crippen LogP) is 4.98. The molecule has 0 spiro atoms. The van der Waals surface area contributed by atoms with Gasteiger partial charge in [0.2, 0.25) is 11.2 Å². The van der Waals surface area contributed by atoms with Crippen LogP contribution >= 0.6 is 0 Å². The number of fused-ring (bicyclic) bond motifs is 1. The molecular formula is C21H28N3+. The van der Waals surface area contributed by atoms with Crippen LogP contribution in [0.1, 0.15) is 55.6 Å². The average molecular weight is 322 g/mol. The molecule has 0 aromatic carbocycles. The van der Waals surface area contributed by atoms with E-state index in [-0.39, 0.29) is 0 Å². The van der Waals surface area contributed by atoms with Crippen LogP contribution in [0.5, 0.6) is 0 Å². The zero-order valence-electron chi connectivity index (χ0n) is 15.7. The number of H-pyrrole nitrogens is 1. The third-order valence-electron chi connectivity index (χ3n) is 4.74. The van der Waals surface area contributed by atoms with Crippen molar-refractivity contribution in [3.05, 3.63) is 46.9 Å². The fourth-order valence-electron chi connectivity index (χ4n) is 3.40. The summed E-state index contributed by atoms with van der Waals surface area (Å²) in [4.78, 5) is 8.49. The molecule has 3 aromatic rings. The smallest absolute Gasteiger partial charge is 0.232 e. The summed E-state index contributed by atoms with van der Waals surface area (Å²) in [5.74, 6) is 0.454. The Balaban J connectivity index is 2.17. The minimum atomic E-state index is 0.454. The molecule has 1 N–H and O–H groups in total. The summed E-state index contributed by atoms with van der Waals surface area (Å²) in [6, 6.07) is 6.67. The molecule has 0 fully saturated rings. The monoisotopic (exact) mass is 322 g/mol. The van der Waals surface area contributed by atoms with Crippen molar-refractivity contribution in [2.45, 2.75) is 60.4 Å². The molecule has 3 heterocycles. The minimum Gasteiger partial charge on any atom is -0.342 e. The van der Waals surface area contributed by atoms with E-state index in [2.05, 4.69) is 75.5 Å². The zero-order chi connectivity index (χ0) is 17.4. The summed E-state index contributed by atoms with van der Waals surface area (Å²) in [6.45, 7) is 14.1. The van der Waals surface area contributed by atoms with E-state index in [9.17, 15) is 0 Å². The third kappa shape index (κ3) is 2.83. The van der Waals surface area contributed by atoms with Gasteiger partial charge in [-0.2, -0.15) is 0 Å². The number of hydrogen-bond acceptors (Lipinski definition) is 1. The summed E-state index contributed by atoms with van der Waals surface area (Å²) < 4.78 is 2.35. The lowest BCUT2D eigenvalue weighted by atomic mass is 10.0. The van der Waals surface area contributed by atoms with Gasteiger partial charge in [-0.25, -0.2) is 4.98 Å². The quantitative estimate of drug-likeness (QED) is 0.667. The van der Waals surface area contributed by atoms with Crippen LogP contribution in [0.3, 0.4) is 0 Å². The highest BCUT2D eigenvalue weighted by Crippen LogP contribution is 2.27. The molecule has 0 saturated heterocycles. The standard InChI is InChI=1S/C21H27N3/c1-7-10-24-12-15(5)21-19(24)11-14(4)20(23-21)17-8-9-18(13(2)3)22-16(17)6/h8-9,11-13H,7,10H2,1-6H3/p+1. The van der Waals surface area contributed by atoms with E-state index in [1.807, 2.05) is 0 Å². The first-order valence-corrected chi connectivity index (χ1v) is 8.92. The van der Waals surface area contributed by atoms with Crippen molar-refractivity contribution in [1.82, 2.24) is 9.55 Å². The maximum atomic E-state index is 4.80. The maximum absolute atomic E-state index is 4.80. The number of nitrogens with one attached hydrogen (secondary N) is 1. The molecule has 3 nitrogen and oxygen atoms in total. The third-order valence-corrected chi connectivity index (χ3v) is 4.74. The highest BCUT2D eigenvalue weighted by molar-refractivity contribution is 5.79. The molecule has 0 amide bonds. The van der Waals surface area contributed by atoms with Gasteiger partial charge in [-0.3, -0.25) is 4.98 Å². The van der Waals surface area contributed by atoms with Crippen molar-refractivity contribution in [2.24, 2.45) is 0 Å². The lowest BCUT2D eigenvalue weighted by Crippen LogP contribution is -2.13. The molecule has 3 heteroatoms. The second-order valence-electron chi connectivity index (χ2n) is 7.12. The summed E-state index contributed by atoms with van der Waals surface area (Å²) in [5, 5.41) is 0. The van der Waals surface area contributed by atoms with Crippen molar-refractivity contribution in [2.75, 3.05) is 0 Å². The molecular weight excluding hydrogens is 294 g/mol. The van der Waals surface area contributed by atoms with Crippen molar-refractivity contribution in [1.29, 1.82) is 0 Å².